The largest absolute Gasteiger partial charge is 0.346 e. The fourth-order valence-corrected chi connectivity index (χ4v) is 1.14. The lowest BCUT2D eigenvalue weighted by Gasteiger charge is -2.12. The summed E-state index contributed by atoms with van der Waals surface area (Å²) in [6, 6.07) is 0. The molecule has 1 N–H and O–H groups in total. The van der Waals surface area contributed by atoms with Crippen molar-refractivity contribution < 1.29 is 9.32 Å². The average molecular weight is 276 g/mol. The fourth-order valence-electron chi connectivity index (χ4n) is 0.975. The number of alkyl halides is 1. The van der Waals surface area contributed by atoms with Crippen LogP contribution in [-0.2, 0) is 11.3 Å². The summed E-state index contributed by atoms with van der Waals surface area (Å²) in [6.45, 7) is 5.94. The van der Waals surface area contributed by atoms with Crippen molar-refractivity contribution in [2.24, 2.45) is 5.92 Å². The van der Waals surface area contributed by atoms with Crippen molar-refractivity contribution in [1.82, 2.24) is 15.5 Å². The van der Waals surface area contributed by atoms with Gasteiger partial charge in [0.2, 0.25) is 11.8 Å². The van der Waals surface area contributed by atoms with E-state index in [1.165, 1.54) is 0 Å². The zero-order chi connectivity index (χ0) is 11.4. The van der Waals surface area contributed by atoms with Crippen molar-refractivity contribution in [2.45, 2.75) is 32.1 Å². The molecule has 0 saturated heterocycles. The number of aryl methyl sites for hydroxylation is 1. The topological polar surface area (TPSA) is 68.0 Å². The van der Waals surface area contributed by atoms with E-state index in [4.69, 9.17) is 4.52 Å². The molecular weight excluding hydrogens is 262 g/mol. The van der Waals surface area contributed by atoms with Gasteiger partial charge in [-0.25, -0.2) is 0 Å². The highest BCUT2D eigenvalue weighted by Gasteiger charge is 2.18. The molecule has 1 atom stereocenters. The van der Waals surface area contributed by atoms with E-state index in [0.29, 0.717) is 11.7 Å². The van der Waals surface area contributed by atoms with E-state index in [1.807, 2.05) is 13.8 Å². The average Bonchev–Trinajstić information content (AvgIpc) is 2.59. The predicted octanol–water partition coefficient (Wildman–Crippen LogP) is 1.41. The SMILES string of the molecule is Cc1noc(CNC(=O)C(Br)C(C)C)n1. The van der Waals surface area contributed by atoms with Gasteiger partial charge in [0.15, 0.2) is 5.82 Å². The molecule has 0 fully saturated rings. The third kappa shape index (κ3) is 3.62. The second kappa shape index (κ2) is 5.25. The standard InChI is InChI=1S/C9H14BrN3O2/c1-5(2)8(10)9(14)11-4-7-12-6(3)13-15-7/h5,8H,4H2,1-3H3,(H,11,14). The molecule has 1 amide bonds. The van der Waals surface area contributed by atoms with Crippen LogP contribution in [0.25, 0.3) is 0 Å². The van der Waals surface area contributed by atoms with Crippen LogP contribution in [0.15, 0.2) is 4.52 Å². The second-order valence-corrected chi connectivity index (χ2v) is 4.59. The quantitative estimate of drug-likeness (QED) is 0.844. The van der Waals surface area contributed by atoms with E-state index in [-0.39, 0.29) is 23.2 Å². The minimum atomic E-state index is -0.193. The Bertz CT molecular complexity index is 338. The number of carbonyl (C=O) groups is 1. The van der Waals surface area contributed by atoms with Gasteiger partial charge in [0.1, 0.15) is 0 Å². The number of amides is 1. The smallest absolute Gasteiger partial charge is 0.246 e. The van der Waals surface area contributed by atoms with Gasteiger partial charge in [-0.3, -0.25) is 4.79 Å². The van der Waals surface area contributed by atoms with E-state index in [0.717, 1.165) is 0 Å². The summed E-state index contributed by atoms with van der Waals surface area (Å²) in [5.41, 5.74) is 0. The van der Waals surface area contributed by atoms with Gasteiger partial charge in [0, 0.05) is 0 Å². The molecule has 0 radical (unpaired) electrons. The number of hydrogen-bond donors (Lipinski definition) is 1. The molecule has 1 rings (SSSR count). The number of nitrogens with zero attached hydrogens (tertiary/aromatic N) is 2. The zero-order valence-corrected chi connectivity index (χ0v) is 10.5. The zero-order valence-electron chi connectivity index (χ0n) is 8.95. The summed E-state index contributed by atoms with van der Waals surface area (Å²) in [4.78, 5) is 15.3. The lowest BCUT2D eigenvalue weighted by atomic mass is 10.1. The van der Waals surface area contributed by atoms with Crippen LogP contribution in [0.4, 0.5) is 0 Å². The van der Waals surface area contributed by atoms with Crippen molar-refractivity contribution >= 4 is 21.8 Å². The molecule has 5 nitrogen and oxygen atoms in total. The monoisotopic (exact) mass is 275 g/mol. The number of nitrogens with one attached hydrogen (secondary N) is 1. The van der Waals surface area contributed by atoms with E-state index in [9.17, 15) is 4.79 Å². The molecular formula is C9H14BrN3O2. The van der Waals surface area contributed by atoms with Crippen LogP contribution in [0.5, 0.6) is 0 Å². The Labute approximate surface area is 96.7 Å². The normalized spacial score (nSPS) is 12.9. The summed E-state index contributed by atoms with van der Waals surface area (Å²) >= 11 is 3.31. The predicted molar refractivity (Wildman–Crippen MR) is 58.4 cm³/mol. The van der Waals surface area contributed by atoms with Crippen molar-refractivity contribution in [3.05, 3.63) is 11.7 Å². The van der Waals surface area contributed by atoms with Crippen LogP contribution in [0, 0.1) is 12.8 Å². The highest BCUT2D eigenvalue weighted by atomic mass is 79.9. The van der Waals surface area contributed by atoms with Crippen LogP contribution >= 0.6 is 15.9 Å². The van der Waals surface area contributed by atoms with Gasteiger partial charge in [0.05, 0.1) is 11.4 Å². The summed E-state index contributed by atoms with van der Waals surface area (Å²) in [7, 11) is 0. The van der Waals surface area contributed by atoms with E-state index >= 15 is 0 Å². The van der Waals surface area contributed by atoms with Gasteiger partial charge in [-0.1, -0.05) is 34.9 Å². The molecule has 1 aromatic rings. The molecule has 84 valence electrons. The molecule has 1 aromatic heterocycles. The summed E-state index contributed by atoms with van der Waals surface area (Å²) in [5, 5.41) is 6.34. The summed E-state index contributed by atoms with van der Waals surface area (Å²) in [5.74, 6) is 1.16. The first-order valence-corrected chi connectivity index (χ1v) is 5.63. The maximum absolute atomic E-state index is 11.5. The molecule has 0 bridgehead atoms. The Hall–Kier alpha value is -0.910. The minimum Gasteiger partial charge on any atom is -0.346 e. The lowest BCUT2D eigenvalue weighted by Crippen LogP contribution is -2.33. The van der Waals surface area contributed by atoms with Crippen molar-refractivity contribution in [3.8, 4) is 0 Å². The first-order valence-electron chi connectivity index (χ1n) is 4.71. The third-order valence-corrected chi connectivity index (χ3v) is 3.29. The Morgan fingerprint density at radius 1 is 1.60 bits per heavy atom. The van der Waals surface area contributed by atoms with Gasteiger partial charge in [-0.15, -0.1) is 0 Å². The first kappa shape index (κ1) is 12.2. The summed E-state index contributed by atoms with van der Waals surface area (Å²) in [6.07, 6.45) is 0. The number of hydrogen-bond acceptors (Lipinski definition) is 4. The molecule has 0 aliphatic heterocycles. The molecule has 0 spiro atoms. The molecule has 6 heteroatoms. The maximum atomic E-state index is 11.5. The first-order chi connectivity index (χ1) is 7.00. The number of rotatable bonds is 4. The number of halogens is 1. The van der Waals surface area contributed by atoms with Gasteiger partial charge >= 0.3 is 0 Å². The van der Waals surface area contributed by atoms with Gasteiger partial charge in [0.25, 0.3) is 0 Å². The molecule has 0 saturated carbocycles. The molecule has 1 unspecified atom stereocenters. The highest BCUT2D eigenvalue weighted by molar-refractivity contribution is 9.10. The van der Waals surface area contributed by atoms with Crippen molar-refractivity contribution in [1.29, 1.82) is 0 Å². The third-order valence-electron chi connectivity index (χ3n) is 1.82. The number of aromatic nitrogens is 2. The Morgan fingerprint density at radius 2 is 2.27 bits per heavy atom. The lowest BCUT2D eigenvalue weighted by molar-refractivity contribution is -0.121. The maximum Gasteiger partial charge on any atom is 0.246 e. The number of carbonyl (C=O) groups excluding carboxylic acids is 1. The highest BCUT2D eigenvalue weighted by Crippen LogP contribution is 2.11. The Balaban J connectivity index is 2.40. The van der Waals surface area contributed by atoms with Crippen LogP contribution in [0.2, 0.25) is 0 Å². The van der Waals surface area contributed by atoms with Crippen LogP contribution in [0.3, 0.4) is 0 Å². The van der Waals surface area contributed by atoms with Crippen LogP contribution < -0.4 is 5.32 Å². The van der Waals surface area contributed by atoms with Gasteiger partial charge in [-0.05, 0) is 12.8 Å². The van der Waals surface area contributed by atoms with Crippen molar-refractivity contribution in [2.75, 3.05) is 0 Å². The Kier molecular flexibility index (Phi) is 4.26. The minimum absolute atomic E-state index is 0.0687. The van der Waals surface area contributed by atoms with Crippen LogP contribution in [-0.4, -0.2) is 20.9 Å². The molecule has 0 aliphatic carbocycles. The molecule has 0 aliphatic rings. The van der Waals surface area contributed by atoms with E-state index < -0.39 is 0 Å². The van der Waals surface area contributed by atoms with Gasteiger partial charge in [-0.2, -0.15) is 4.98 Å². The molecule has 0 aromatic carbocycles. The molecule has 15 heavy (non-hydrogen) atoms. The summed E-state index contributed by atoms with van der Waals surface area (Å²) < 4.78 is 4.86. The Morgan fingerprint density at radius 3 is 2.73 bits per heavy atom. The second-order valence-electron chi connectivity index (χ2n) is 3.60. The van der Waals surface area contributed by atoms with E-state index in [1.54, 1.807) is 6.92 Å². The molecule has 1 heterocycles. The van der Waals surface area contributed by atoms with E-state index in [2.05, 4.69) is 31.4 Å². The van der Waals surface area contributed by atoms with Crippen molar-refractivity contribution in [3.63, 3.8) is 0 Å². The van der Waals surface area contributed by atoms with Crippen LogP contribution in [0.1, 0.15) is 25.6 Å². The van der Waals surface area contributed by atoms with Gasteiger partial charge < -0.3 is 9.84 Å². The fraction of sp³-hybridized carbons (Fsp3) is 0.667.